The van der Waals surface area contributed by atoms with Gasteiger partial charge >= 0.3 is 5.97 Å². The molecule has 0 saturated carbocycles. The van der Waals surface area contributed by atoms with Gasteiger partial charge in [0.15, 0.2) is 0 Å². The van der Waals surface area contributed by atoms with Crippen LogP contribution in [0.25, 0.3) is 0 Å². The molecule has 0 heterocycles. The first kappa shape index (κ1) is 9.96. The third kappa shape index (κ3) is 3.01. The number of carbonyl (C=O) groups excluding carboxylic acids is 2. The molecule has 0 bridgehead atoms. The fourth-order valence-electron chi connectivity index (χ4n) is 1.47. The third-order valence-corrected chi connectivity index (χ3v) is 2.29. The van der Waals surface area contributed by atoms with Crippen molar-refractivity contribution in [2.24, 2.45) is 11.8 Å². The Bertz CT molecular complexity index is 220. The third-order valence-electron chi connectivity index (χ3n) is 2.29. The van der Waals surface area contributed by atoms with Crippen molar-refractivity contribution < 1.29 is 14.3 Å². The van der Waals surface area contributed by atoms with Gasteiger partial charge in [0.2, 0.25) is 0 Å². The summed E-state index contributed by atoms with van der Waals surface area (Å²) in [5.74, 6) is -0.0880. The minimum absolute atomic E-state index is 0.0179. The van der Waals surface area contributed by atoms with Crippen molar-refractivity contribution in [2.75, 3.05) is 6.61 Å². The van der Waals surface area contributed by atoms with Crippen molar-refractivity contribution in [3.8, 4) is 0 Å². The fourth-order valence-corrected chi connectivity index (χ4v) is 1.47. The summed E-state index contributed by atoms with van der Waals surface area (Å²) in [6, 6.07) is 0. The minimum atomic E-state index is -0.279. The molecule has 0 unspecified atom stereocenters. The first-order chi connectivity index (χ1) is 6.24. The van der Waals surface area contributed by atoms with E-state index in [1.54, 1.807) is 0 Å². The number of esters is 1. The lowest BCUT2D eigenvalue weighted by Crippen LogP contribution is -2.23. The van der Waals surface area contributed by atoms with E-state index in [-0.39, 0.29) is 17.8 Å². The highest BCUT2D eigenvalue weighted by Crippen LogP contribution is 2.23. The Labute approximate surface area is 77.8 Å². The zero-order valence-electron chi connectivity index (χ0n) is 7.73. The molecule has 0 aromatic heterocycles. The summed E-state index contributed by atoms with van der Waals surface area (Å²) < 4.78 is 4.88. The van der Waals surface area contributed by atoms with Crippen molar-refractivity contribution in [1.29, 1.82) is 0 Å². The van der Waals surface area contributed by atoms with E-state index in [1.807, 2.05) is 12.2 Å². The Morgan fingerprint density at radius 3 is 2.85 bits per heavy atom. The molecule has 0 spiro atoms. The van der Waals surface area contributed by atoms with Crippen molar-refractivity contribution in [3.63, 3.8) is 0 Å². The van der Waals surface area contributed by atoms with Crippen LogP contribution in [-0.2, 0) is 14.3 Å². The summed E-state index contributed by atoms with van der Waals surface area (Å²) in [6.07, 6.45) is 6.60. The average Bonchev–Trinajstić information content (AvgIpc) is 2.15. The van der Waals surface area contributed by atoms with E-state index >= 15 is 0 Å². The van der Waals surface area contributed by atoms with Gasteiger partial charge in [-0.2, -0.15) is 0 Å². The largest absolute Gasteiger partial charge is 0.466 e. The number of hydrogen-bond donors (Lipinski definition) is 0. The fraction of sp³-hybridized carbons (Fsp3) is 0.600. The zero-order valence-corrected chi connectivity index (χ0v) is 7.73. The maximum atomic E-state index is 10.6. The summed E-state index contributed by atoms with van der Waals surface area (Å²) in [6.45, 7) is 1.75. The highest BCUT2D eigenvalue weighted by atomic mass is 16.5. The molecule has 72 valence electrons. The van der Waals surface area contributed by atoms with Crippen LogP contribution in [0, 0.1) is 11.8 Å². The second-order valence-electron chi connectivity index (χ2n) is 3.31. The van der Waals surface area contributed by atoms with Crippen molar-refractivity contribution in [2.45, 2.75) is 19.8 Å². The molecule has 3 nitrogen and oxygen atoms in total. The summed E-state index contributed by atoms with van der Waals surface area (Å²) in [5.41, 5.74) is 0. The van der Waals surface area contributed by atoms with E-state index in [1.165, 1.54) is 6.92 Å². The van der Waals surface area contributed by atoms with Gasteiger partial charge in [-0.15, -0.1) is 0 Å². The molecule has 0 radical (unpaired) electrons. The summed E-state index contributed by atoms with van der Waals surface area (Å²) >= 11 is 0. The molecular weight excluding hydrogens is 168 g/mol. The highest BCUT2D eigenvalue weighted by molar-refractivity contribution is 5.66. The van der Waals surface area contributed by atoms with E-state index in [0.717, 1.165) is 19.1 Å². The lowest BCUT2D eigenvalue weighted by Gasteiger charge is -2.23. The molecule has 3 heteroatoms. The van der Waals surface area contributed by atoms with E-state index in [2.05, 4.69) is 0 Å². The predicted molar refractivity (Wildman–Crippen MR) is 48.1 cm³/mol. The van der Waals surface area contributed by atoms with E-state index in [9.17, 15) is 9.59 Å². The molecule has 0 aromatic carbocycles. The highest BCUT2D eigenvalue weighted by Gasteiger charge is 2.22. The molecule has 0 N–H and O–H groups in total. The summed E-state index contributed by atoms with van der Waals surface area (Å²) in [4.78, 5) is 21.2. The number of aldehydes is 1. The van der Waals surface area contributed by atoms with E-state index in [4.69, 9.17) is 4.74 Å². The molecular formula is C10H14O3. The SMILES string of the molecule is CC(=O)OC[C@H]1CC=CC[C@H]1C=O. The number of hydrogen-bond acceptors (Lipinski definition) is 3. The van der Waals surface area contributed by atoms with Gasteiger partial charge in [-0.05, 0) is 12.8 Å². The molecule has 1 rings (SSSR count). The number of carbonyl (C=O) groups is 2. The number of rotatable bonds is 3. The van der Waals surface area contributed by atoms with Crippen LogP contribution in [-0.4, -0.2) is 18.9 Å². The first-order valence-electron chi connectivity index (χ1n) is 4.47. The first-order valence-corrected chi connectivity index (χ1v) is 4.47. The average molecular weight is 182 g/mol. The van der Waals surface area contributed by atoms with Crippen molar-refractivity contribution >= 4 is 12.3 Å². The van der Waals surface area contributed by atoms with Gasteiger partial charge in [0.1, 0.15) is 6.29 Å². The van der Waals surface area contributed by atoms with E-state index < -0.39 is 0 Å². The molecule has 1 aliphatic rings. The second-order valence-corrected chi connectivity index (χ2v) is 3.31. The lowest BCUT2D eigenvalue weighted by atomic mass is 9.85. The molecule has 0 saturated heterocycles. The Kier molecular flexibility index (Phi) is 3.68. The zero-order chi connectivity index (χ0) is 9.68. The predicted octanol–water partition coefficient (Wildman–Crippen LogP) is 1.33. The lowest BCUT2D eigenvalue weighted by molar-refractivity contribution is -0.143. The van der Waals surface area contributed by atoms with Crippen LogP contribution in [0.1, 0.15) is 19.8 Å². The van der Waals surface area contributed by atoms with Gasteiger partial charge in [-0.25, -0.2) is 0 Å². The van der Waals surface area contributed by atoms with Gasteiger partial charge in [0, 0.05) is 18.8 Å². The van der Waals surface area contributed by atoms with E-state index in [0.29, 0.717) is 6.61 Å². The van der Waals surface area contributed by atoms with Crippen LogP contribution in [0.5, 0.6) is 0 Å². The Hall–Kier alpha value is -1.12. The normalized spacial score (nSPS) is 26.8. The second kappa shape index (κ2) is 4.80. The molecule has 2 atom stereocenters. The molecule has 0 aromatic rings. The van der Waals surface area contributed by atoms with Crippen LogP contribution < -0.4 is 0 Å². The minimum Gasteiger partial charge on any atom is -0.466 e. The number of allylic oxidation sites excluding steroid dienone is 2. The molecule has 1 aliphatic carbocycles. The van der Waals surface area contributed by atoms with Gasteiger partial charge in [0.25, 0.3) is 0 Å². The quantitative estimate of drug-likeness (QED) is 0.375. The molecule has 0 amide bonds. The molecule has 0 fully saturated rings. The smallest absolute Gasteiger partial charge is 0.302 e. The molecule has 0 aliphatic heterocycles. The standard InChI is InChI=1S/C10H14O3/c1-8(12)13-7-10-5-3-2-4-9(10)6-11/h2-3,6,9-10H,4-5,7H2,1H3/t9-,10+/m0/s1. The molecule has 13 heavy (non-hydrogen) atoms. The monoisotopic (exact) mass is 182 g/mol. The van der Waals surface area contributed by atoms with Gasteiger partial charge < -0.3 is 9.53 Å². The topological polar surface area (TPSA) is 43.4 Å². The van der Waals surface area contributed by atoms with Crippen molar-refractivity contribution in [1.82, 2.24) is 0 Å². The van der Waals surface area contributed by atoms with Crippen LogP contribution in [0.3, 0.4) is 0 Å². The maximum absolute atomic E-state index is 10.6. The van der Waals surface area contributed by atoms with Crippen LogP contribution >= 0.6 is 0 Å². The van der Waals surface area contributed by atoms with Crippen LogP contribution in [0.2, 0.25) is 0 Å². The van der Waals surface area contributed by atoms with Gasteiger partial charge in [-0.3, -0.25) is 4.79 Å². The summed E-state index contributed by atoms with van der Waals surface area (Å²) in [7, 11) is 0. The maximum Gasteiger partial charge on any atom is 0.302 e. The van der Waals surface area contributed by atoms with Gasteiger partial charge in [0.05, 0.1) is 6.61 Å². The van der Waals surface area contributed by atoms with Crippen LogP contribution in [0.4, 0.5) is 0 Å². The van der Waals surface area contributed by atoms with Crippen molar-refractivity contribution in [3.05, 3.63) is 12.2 Å². The van der Waals surface area contributed by atoms with Crippen LogP contribution in [0.15, 0.2) is 12.2 Å². The summed E-state index contributed by atoms with van der Waals surface area (Å²) in [5, 5.41) is 0. The Morgan fingerprint density at radius 2 is 2.23 bits per heavy atom. The Balaban J connectivity index is 2.42. The number of ether oxygens (including phenoxy) is 1. The van der Waals surface area contributed by atoms with Gasteiger partial charge in [-0.1, -0.05) is 12.2 Å². The Morgan fingerprint density at radius 1 is 1.54 bits per heavy atom.